The van der Waals surface area contributed by atoms with Crippen LogP contribution in [0.5, 0.6) is 0 Å². The van der Waals surface area contributed by atoms with Gasteiger partial charge in [-0.15, -0.1) is 0 Å². The fourth-order valence-corrected chi connectivity index (χ4v) is 8.14. The molecule has 392 valence electrons. The van der Waals surface area contributed by atoms with E-state index in [9.17, 15) is 34.8 Å². The van der Waals surface area contributed by atoms with E-state index in [4.69, 9.17) is 18.9 Å². The fourth-order valence-electron chi connectivity index (χ4n) is 8.14. The van der Waals surface area contributed by atoms with Gasteiger partial charge in [0.05, 0.1) is 6.61 Å². The van der Waals surface area contributed by atoms with Crippen LogP contribution in [0.3, 0.4) is 0 Å². The second-order valence-corrected chi connectivity index (χ2v) is 18.7. The molecule has 4 N–H and O–H groups in total. The van der Waals surface area contributed by atoms with Crippen LogP contribution in [0, 0.1) is 0 Å². The van der Waals surface area contributed by atoms with Crippen LogP contribution in [-0.4, -0.2) is 88.4 Å². The first-order valence-corrected chi connectivity index (χ1v) is 27.3. The van der Waals surface area contributed by atoms with Gasteiger partial charge < -0.3 is 39.4 Å². The summed E-state index contributed by atoms with van der Waals surface area (Å²) >= 11 is 0. The van der Waals surface area contributed by atoms with E-state index in [0.717, 1.165) is 70.6 Å². The summed E-state index contributed by atoms with van der Waals surface area (Å²) in [4.78, 5) is 37.0. The average Bonchev–Trinajstić information content (AvgIpc) is 3.32. The summed E-state index contributed by atoms with van der Waals surface area (Å²) in [5, 5.41) is 40.0. The van der Waals surface area contributed by atoms with Crippen LogP contribution in [0.15, 0.2) is 60.8 Å². The largest absolute Gasteiger partial charge is 0.479 e. The summed E-state index contributed by atoms with van der Waals surface area (Å²) in [5.74, 6) is -2.48. The normalized spacial score (nSPS) is 19.3. The third-order valence-corrected chi connectivity index (χ3v) is 12.4. The highest BCUT2D eigenvalue weighted by atomic mass is 16.7. The third-order valence-electron chi connectivity index (χ3n) is 12.4. The average molecular weight is 959 g/mol. The van der Waals surface area contributed by atoms with Crippen molar-refractivity contribution in [1.29, 1.82) is 0 Å². The van der Waals surface area contributed by atoms with Gasteiger partial charge in [-0.3, -0.25) is 9.59 Å². The Hall–Kier alpha value is -3.09. The molecule has 1 saturated heterocycles. The number of esters is 2. The maximum Gasteiger partial charge on any atom is 0.335 e. The molecular formula is C57H98O11. The fraction of sp³-hybridized carbons (Fsp3) is 0.772. The number of carbonyl (C=O) groups excluding carboxylic acids is 2. The standard InChI is InChI=1S/C57H98O11/c1-3-5-7-9-11-13-15-17-19-21-23-24-25-26-28-30-32-34-36-38-40-42-44-46-51(59)67-49(48-66-57-54(62)52(60)53(61)55(68-57)56(63)64)47-65-50(58)45-43-41-39-37-35-33-31-29-27-22-20-18-16-14-12-10-8-6-4-2/h6,8,12,14,18,20,27,29,33,35,49,52-55,57,60-62H,3-5,7,9-11,13,15-17,19,21-26,28,30-32,34,36-48H2,1-2H3,(H,63,64)/b8-6-,14-12-,20-18-,29-27-,35-33-. The van der Waals surface area contributed by atoms with Gasteiger partial charge >= 0.3 is 17.9 Å². The molecule has 1 heterocycles. The van der Waals surface area contributed by atoms with Crippen molar-refractivity contribution in [3.8, 4) is 0 Å². The lowest BCUT2D eigenvalue weighted by Gasteiger charge is -2.38. The first kappa shape index (κ1) is 62.9. The van der Waals surface area contributed by atoms with E-state index >= 15 is 0 Å². The molecule has 0 amide bonds. The number of allylic oxidation sites excluding steroid dienone is 10. The number of hydrogen-bond acceptors (Lipinski definition) is 10. The Kier molecular flexibility index (Phi) is 42.8. The molecule has 0 saturated carbocycles. The van der Waals surface area contributed by atoms with Crippen LogP contribution >= 0.6 is 0 Å². The molecule has 1 aliphatic rings. The second-order valence-electron chi connectivity index (χ2n) is 18.7. The first-order valence-electron chi connectivity index (χ1n) is 27.3. The predicted molar refractivity (Wildman–Crippen MR) is 275 cm³/mol. The van der Waals surface area contributed by atoms with E-state index in [0.29, 0.717) is 12.8 Å². The number of hydrogen-bond donors (Lipinski definition) is 4. The van der Waals surface area contributed by atoms with Gasteiger partial charge in [0.25, 0.3) is 0 Å². The van der Waals surface area contributed by atoms with Crippen molar-refractivity contribution in [2.45, 2.75) is 269 Å². The number of rotatable bonds is 46. The summed E-state index contributed by atoms with van der Waals surface area (Å²) in [6, 6.07) is 0. The second kappa shape index (κ2) is 46.3. The van der Waals surface area contributed by atoms with E-state index in [1.807, 2.05) is 0 Å². The SMILES string of the molecule is CC/C=C\C/C=C\C/C=C\C/C=C\C/C=C\CCCCCC(=O)OCC(COC1OC(C(=O)O)C(O)C(O)C1O)OC(=O)CCCCCCCCCCCCCCCCCCCCCCCCC. The van der Waals surface area contributed by atoms with E-state index in [2.05, 4.69) is 74.6 Å². The molecule has 0 radical (unpaired) electrons. The molecule has 11 heteroatoms. The highest BCUT2D eigenvalue weighted by Crippen LogP contribution is 2.23. The molecule has 68 heavy (non-hydrogen) atoms. The van der Waals surface area contributed by atoms with Crippen LogP contribution in [0.25, 0.3) is 0 Å². The Morgan fingerprint density at radius 2 is 0.868 bits per heavy atom. The molecule has 1 fully saturated rings. The summed E-state index contributed by atoms with van der Waals surface area (Å²) < 4.78 is 21.8. The van der Waals surface area contributed by atoms with Crippen LogP contribution in [0.1, 0.15) is 232 Å². The Balaban J connectivity index is 2.28. The molecule has 1 aliphatic heterocycles. The minimum Gasteiger partial charge on any atom is -0.479 e. The number of aliphatic hydroxyl groups is 3. The summed E-state index contributed by atoms with van der Waals surface area (Å²) in [6.07, 6.45) is 49.9. The Morgan fingerprint density at radius 3 is 1.31 bits per heavy atom. The van der Waals surface area contributed by atoms with Gasteiger partial charge in [-0.1, -0.05) is 222 Å². The van der Waals surface area contributed by atoms with Crippen molar-refractivity contribution in [2.75, 3.05) is 13.2 Å². The number of unbranched alkanes of at least 4 members (excludes halogenated alkanes) is 25. The zero-order valence-electron chi connectivity index (χ0n) is 42.8. The highest BCUT2D eigenvalue weighted by Gasteiger charge is 2.47. The van der Waals surface area contributed by atoms with E-state index < -0.39 is 61.3 Å². The minimum absolute atomic E-state index is 0.177. The summed E-state index contributed by atoms with van der Waals surface area (Å²) in [7, 11) is 0. The lowest BCUT2D eigenvalue weighted by atomic mass is 9.99. The van der Waals surface area contributed by atoms with Crippen LogP contribution in [0.4, 0.5) is 0 Å². The van der Waals surface area contributed by atoms with Crippen LogP contribution in [0.2, 0.25) is 0 Å². The summed E-state index contributed by atoms with van der Waals surface area (Å²) in [6.45, 7) is 3.71. The first-order chi connectivity index (χ1) is 33.2. The Morgan fingerprint density at radius 1 is 0.471 bits per heavy atom. The van der Waals surface area contributed by atoms with Crippen LogP contribution < -0.4 is 0 Å². The van der Waals surface area contributed by atoms with Gasteiger partial charge in [0.2, 0.25) is 0 Å². The van der Waals surface area contributed by atoms with Crippen molar-refractivity contribution in [1.82, 2.24) is 0 Å². The number of aliphatic hydroxyl groups excluding tert-OH is 3. The third kappa shape index (κ3) is 36.8. The van der Waals surface area contributed by atoms with Crippen molar-refractivity contribution in [3.05, 3.63) is 60.8 Å². The van der Waals surface area contributed by atoms with Gasteiger partial charge in [0, 0.05) is 12.8 Å². The number of carboxylic acid groups (broad SMARTS) is 1. The number of ether oxygens (including phenoxy) is 4. The van der Waals surface area contributed by atoms with Crippen molar-refractivity contribution >= 4 is 17.9 Å². The Labute approximate surface area is 413 Å². The molecule has 0 aliphatic carbocycles. The summed E-state index contributed by atoms with van der Waals surface area (Å²) in [5.41, 5.74) is 0. The van der Waals surface area contributed by atoms with Crippen molar-refractivity contribution in [2.24, 2.45) is 0 Å². The predicted octanol–water partition coefficient (Wildman–Crippen LogP) is 13.4. The van der Waals surface area contributed by atoms with Crippen LogP contribution in [-0.2, 0) is 33.3 Å². The minimum atomic E-state index is -1.87. The zero-order valence-corrected chi connectivity index (χ0v) is 42.8. The Bertz CT molecular complexity index is 1360. The monoisotopic (exact) mass is 959 g/mol. The van der Waals surface area contributed by atoms with Gasteiger partial charge in [-0.25, -0.2) is 4.79 Å². The van der Waals surface area contributed by atoms with Gasteiger partial charge in [0.1, 0.15) is 24.9 Å². The van der Waals surface area contributed by atoms with Gasteiger partial charge in [0.15, 0.2) is 18.5 Å². The molecule has 6 unspecified atom stereocenters. The van der Waals surface area contributed by atoms with Crippen molar-refractivity contribution < 1.29 is 53.8 Å². The van der Waals surface area contributed by atoms with E-state index in [-0.39, 0.29) is 19.4 Å². The van der Waals surface area contributed by atoms with E-state index in [1.54, 1.807) is 0 Å². The molecule has 0 aromatic heterocycles. The highest BCUT2D eigenvalue weighted by molar-refractivity contribution is 5.73. The topological polar surface area (TPSA) is 169 Å². The lowest BCUT2D eigenvalue weighted by molar-refractivity contribution is -0.298. The van der Waals surface area contributed by atoms with Gasteiger partial charge in [-0.2, -0.15) is 0 Å². The molecule has 11 nitrogen and oxygen atoms in total. The zero-order chi connectivity index (χ0) is 49.6. The molecule has 1 rings (SSSR count). The lowest BCUT2D eigenvalue weighted by Crippen LogP contribution is -2.60. The molecule has 6 atom stereocenters. The molecule has 0 aromatic carbocycles. The molecule has 0 aromatic rings. The molecule has 0 bridgehead atoms. The number of aliphatic carboxylic acids is 1. The smallest absolute Gasteiger partial charge is 0.335 e. The molecule has 0 spiro atoms. The number of carboxylic acids is 1. The maximum absolute atomic E-state index is 12.9. The van der Waals surface area contributed by atoms with E-state index in [1.165, 1.54) is 122 Å². The van der Waals surface area contributed by atoms with Crippen molar-refractivity contribution in [3.63, 3.8) is 0 Å². The maximum atomic E-state index is 12.9. The quantitative estimate of drug-likeness (QED) is 0.0260. The molecular weight excluding hydrogens is 861 g/mol. The van der Waals surface area contributed by atoms with Gasteiger partial charge in [-0.05, 0) is 57.8 Å². The number of carbonyl (C=O) groups is 3.